The van der Waals surface area contributed by atoms with Crippen LogP contribution in [0.5, 0.6) is 0 Å². The summed E-state index contributed by atoms with van der Waals surface area (Å²) in [5.41, 5.74) is 5.20. The smallest absolute Gasteiger partial charge is 0.224 e. The Balaban J connectivity index is 1.43. The SMILES string of the molecule is CN1C[C@@H](NC(=O)Cc2ccc3c(c2)CCC3)[C@H](c2cncn2C)C1. The fraction of sp³-hybridized carbons (Fsp3) is 0.500. The maximum absolute atomic E-state index is 12.6. The zero-order valence-corrected chi connectivity index (χ0v) is 15.0. The molecule has 2 aromatic rings. The lowest BCUT2D eigenvalue weighted by molar-refractivity contribution is -0.121. The highest BCUT2D eigenvalue weighted by Gasteiger charge is 2.34. The summed E-state index contributed by atoms with van der Waals surface area (Å²) in [5.74, 6) is 0.409. The molecule has 2 atom stereocenters. The molecule has 0 spiro atoms. The predicted molar refractivity (Wildman–Crippen MR) is 97.5 cm³/mol. The molecule has 2 heterocycles. The number of nitrogens with one attached hydrogen (secondary N) is 1. The third-order valence-electron chi connectivity index (χ3n) is 5.61. The monoisotopic (exact) mass is 338 g/mol. The van der Waals surface area contributed by atoms with Crippen molar-refractivity contribution in [2.24, 2.45) is 7.05 Å². The van der Waals surface area contributed by atoms with E-state index < -0.39 is 0 Å². The minimum atomic E-state index is 0.116. The second kappa shape index (κ2) is 6.64. The van der Waals surface area contributed by atoms with E-state index in [-0.39, 0.29) is 11.9 Å². The van der Waals surface area contributed by atoms with E-state index in [4.69, 9.17) is 0 Å². The molecule has 5 nitrogen and oxygen atoms in total. The molecule has 2 aliphatic rings. The number of likely N-dealkylation sites (tertiary alicyclic amines) is 1. The van der Waals surface area contributed by atoms with E-state index in [9.17, 15) is 4.79 Å². The highest BCUT2D eigenvalue weighted by Crippen LogP contribution is 2.27. The molecule has 1 aliphatic heterocycles. The Morgan fingerprint density at radius 2 is 2.08 bits per heavy atom. The van der Waals surface area contributed by atoms with Crippen LogP contribution in [0.4, 0.5) is 0 Å². The van der Waals surface area contributed by atoms with E-state index in [1.165, 1.54) is 29.7 Å². The maximum Gasteiger partial charge on any atom is 0.224 e. The Hall–Kier alpha value is -2.14. The number of likely N-dealkylation sites (N-methyl/N-ethyl adjacent to an activating group) is 1. The Morgan fingerprint density at radius 3 is 2.88 bits per heavy atom. The van der Waals surface area contributed by atoms with Gasteiger partial charge in [0.15, 0.2) is 0 Å². The first-order valence-corrected chi connectivity index (χ1v) is 9.15. The minimum Gasteiger partial charge on any atom is -0.351 e. The number of aryl methyl sites for hydroxylation is 3. The third-order valence-corrected chi connectivity index (χ3v) is 5.61. The lowest BCUT2D eigenvalue weighted by atomic mass is 9.99. The number of carbonyl (C=O) groups excluding carboxylic acids is 1. The average Bonchev–Trinajstić information content (AvgIpc) is 3.27. The van der Waals surface area contributed by atoms with Gasteiger partial charge in [-0.3, -0.25) is 4.79 Å². The lowest BCUT2D eigenvalue weighted by Crippen LogP contribution is -2.40. The van der Waals surface area contributed by atoms with Crippen LogP contribution in [-0.4, -0.2) is 46.5 Å². The first kappa shape index (κ1) is 16.3. The van der Waals surface area contributed by atoms with Crippen LogP contribution in [-0.2, 0) is 31.1 Å². The number of fused-ring (bicyclic) bond motifs is 1. The Labute approximate surface area is 149 Å². The molecule has 132 valence electrons. The van der Waals surface area contributed by atoms with Crippen LogP contribution in [0.1, 0.15) is 34.7 Å². The van der Waals surface area contributed by atoms with Crippen molar-refractivity contribution in [1.29, 1.82) is 0 Å². The van der Waals surface area contributed by atoms with E-state index >= 15 is 0 Å². The van der Waals surface area contributed by atoms with Gasteiger partial charge in [-0.2, -0.15) is 0 Å². The number of hydrogen-bond donors (Lipinski definition) is 1. The molecule has 5 heteroatoms. The fourth-order valence-corrected chi connectivity index (χ4v) is 4.35. The molecule has 1 aromatic heterocycles. The average molecular weight is 338 g/mol. The zero-order chi connectivity index (χ0) is 17.4. The standard InChI is InChI=1S/C20H26N4O/c1-23-11-17(19-10-21-13-24(19)2)18(12-23)22-20(25)9-14-6-7-15-4-3-5-16(15)8-14/h6-8,10,13,17-18H,3-5,9,11-12H2,1-2H3,(H,22,25)/t17-,18-/m1/s1. The summed E-state index contributed by atoms with van der Waals surface area (Å²) in [7, 11) is 4.13. The Kier molecular flexibility index (Phi) is 4.34. The molecule has 1 saturated heterocycles. The second-order valence-corrected chi connectivity index (χ2v) is 7.56. The van der Waals surface area contributed by atoms with Crippen molar-refractivity contribution in [2.45, 2.75) is 37.6 Å². The van der Waals surface area contributed by atoms with Crippen molar-refractivity contribution in [3.05, 3.63) is 53.1 Å². The van der Waals surface area contributed by atoms with Crippen molar-refractivity contribution < 1.29 is 4.79 Å². The summed E-state index contributed by atoms with van der Waals surface area (Å²) in [4.78, 5) is 19.1. The van der Waals surface area contributed by atoms with Gasteiger partial charge in [-0.1, -0.05) is 18.2 Å². The molecule has 0 saturated carbocycles. The quantitative estimate of drug-likeness (QED) is 0.922. The summed E-state index contributed by atoms with van der Waals surface area (Å²) < 4.78 is 2.06. The molecular weight excluding hydrogens is 312 g/mol. The van der Waals surface area contributed by atoms with E-state index in [0.717, 1.165) is 25.1 Å². The Morgan fingerprint density at radius 1 is 1.24 bits per heavy atom. The van der Waals surface area contributed by atoms with Crippen LogP contribution in [0.2, 0.25) is 0 Å². The normalized spacial score (nSPS) is 23.0. The van der Waals surface area contributed by atoms with Gasteiger partial charge < -0.3 is 14.8 Å². The van der Waals surface area contributed by atoms with Gasteiger partial charge in [0.25, 0.3) is 0 Å². The van der Waals surface area contributed by atoms with Crippen LogP contribution in [0.25, 0.3) is 0 Å². The second-order valence-electron chi connectivity index (χ2n) is 7.56. The molecule has 0 bridgehead atoms. The van der Waals surface area contributed by atoms with Gasteiger partial charge in [0.1, 0.15) is 0 Å². The summed E-state index contributed by atoms with van der Waals surface area (Å²) in [6, 6.07) is 6.68. The number of benzene rings is 1. The molecule has 25 heavy (non-hydrogen) atoms. The molecule has 4 rings (SSSR count). The fourth-order valence-electron chi connectivity index (χ4n) is 4.35. The van der Waals surface area contributed by atoms with E-state index in [1.807, 2.05) is 19.6 Å². The lowest BCUT2D eigenvalue weighted by Gasteiger charge is -2.20. The molecule has 1 aromatic carbocycles. The number of nitrogens with zero attached hydrogens (tertiary/aromatic N) is 3. The van der Waals surface area contributed by atoms with Crippen molar-refractivity contribution in [1.82, 2.24) is 19.8 Å². The molecule has 0 unspecified atom stereocenters. The highest BCUT2D eigenvalue weighted by atomic mass is 16.1. The van der Waals surface area contributed by atoms with Gasteiger partial charge in [0, 0.05) is 37.9 Å². The van der Waals surface area contributed by atoms with Gasteiger partial charge in [-0.05, 0) is 43.0 Å². The van der Waals surface area contributed by atoms with Gasteiger partial charge in [0.2, 0.25) is 5.91 Å². The van der Waals surface area contributed by atoms with Gasteiger partial charge in [-0.25, -0.2) is 4.98 Å². The number of aromatic nitrogens is 2. The molecule has 0 radical (unpaired) electrons. The largest absolute Gasteiger partial charge is 0.351 e. The number of rotatable bonds is 4. The molecular formula is C20H26N4O. The van der Waals surface area contributed by atoms with Crippen molar-refractivity contribution in [3.63, 3.8) is 0 Å². The van der Waals surface area contributed by atoms with Crippen molar-refractivity contribution >= 4 is 5.91 Å². The van der Waals surface area contributed by atoms with Gasteiger partial charge >= 0.3 is 0 Å². The molecule has 1 aliphatic carbocycles. The zero-order valence-electron chi connectivity index (χ0n) is 15.0. The summed E-state index contributed by atoms with van der Waals surface area (Å²) in [5, 5.41) is 3.27. The Bertz CT molecular complexity index is 782. The van der Waals surface area contributed by atoms with Crippen LogP contribution in [0.3, 0.4) is 0 Å². The highest BCUT2D eigenvalue weighted by molar-refractivity contribution is 5.79. The van der Waals surface area contributed by atoms with Crippen LogP contribution in [0.15, 0.2) is 30.7 Å². The van der Waals surface area contributed by atoms with Crippen LogP contribution in [0, 0.1) is 0 Å². The summed E-state index contributed by atoms with van der Waals surface area (Å²) in [6.45, 7) is 1.83. The molecule has 1 fully saturated rings. The predicted octanol–water partition coefficient (Wildman–Crippen LogP) is 1.67. The summed E-state index contributed by atoms with van der Waals surface area (Å²) in [6.07, 6.45) is 7.79. The van der Waals surface area contributed by atoms with Crippen molar-refractivity contribution in [3.8, 4) is 0 Å². The number of imidazole rings is 1. The topological polar surface area (TPSA) is 50.2 Å². The number of carbonyl (C=O) groups is 1. The van der Waals surface area contributed by atoms with Crippen LogP contribution >= 0.6 is 0 Å². The molecule has 1 N–H and O–H groups in total. The minimum absolute atomic E-state index is 0.116. The first-order chi connectivity index (χ1) is 12.1. The van der Waals surface area contributed by atoms with Gasteiger partial charge in [0.05, 0.1) is 18.8 Å². The number of amides is 1. The van der Waals surface area contributed by atoms with Gasteiger partial charge in [-0.15, -0.1) is 0 Å². The summed E-state index contributed by atoms with van der Waals surface area (Å²) >= 11 is 0. The molecule has 1 amide bonds. The van der Waals surface area contributed by atoms with Crippen molar-refractivity contribution in [2.75, 3.05) is 20.1 Å². The van der Waals surface area contributed by atoms with E-state index in [1.54, 1.807) is 0 Å². The number of hydrogen-bond acceptors (Lipinski definition) is 3. The van der Waals surface area contributed by atoms with E-state index in [2.05, 4.69) is 45.0 Å². The maximum atomic E-state index is 12.6. The van der Waals surface area contributed by atoms with Crippen LogP contribution < -0.4 is 5.32 Å². The third kappa shape index (κ3) is 3.33. The first-order valence-electron chi connectivity index (χ1n) is 9.15. The van der Waals surface area contributed by atoms with E-state index in [0.29, 0.717) is 12.3 Å².